The van der Waals surface area contributed by atoms with E-state index in [1.54, 1.807) is 12.1 Å². The van der Waals surface area contributed by atoms with Crippen LogP contribution in [0.1, 0.15) is 36.1 Å². The number of nitrogens with one attached hydrogen (secondary N) is 2. The van der Waals surface area contributed by atoms with Crippen molar-refractivity contribution in [1.82, 2.24) is 9.29 Å². The van der Waals surface area contributed by atoms with Crippen LogP contribution in [-0.2, 0) is 21.2 Å². The molecule has 0 unspecified atom stereocenters. The summed E-state index contributed by atoms with van der Waals surface area (Å²) in [6.07, 6.45) is 2.92. The van der Waals surface area contributed by atoms with Gasteiger partial charge >= 0.3 is 0 Å². The zero-order chi connectivity index (χ0) is 22.9. The number of nitrogens with zero attached hydrogens (tertiary/aromatic N) is 1. The molecular weight excluding hydrogens is 426 g/mol. The van der Waals surface area contributed by atoms with Crippen LogP contribution in [0.2, 0.25) is 0 Å². The predicted molar refractivity (Wildman–Crippen MR) is 126 cm³/mol. The number of fused-ring (bicyclic) bond motifs is 1. The average Bonchev–Trinajstić information content (AvgIpc) is 3.08. The minimum atomic E-state index is -3.70. The van der Waals surface area contributed by atoms with Gasteiger partial charge in [-0.3, -0.25) is 4.79 Å². The number of hydrogen-bond acceptors (Lipinski definition) is 4. The first-order chi connectivity index (χ1) is 15.3. The van der Waals surface area contributed by atoms with E-state index >= 15 is 0 Å². The van der Waals surface area contributed by atoms with Crippen molar-refractivity contribution in [2.24, 2.45) is 0 Å². The van der Waals surface area contributed by atoms with E-state index in [0.717, 1.165) is 47.0 Å². The number of aromatic nitrogens is 1. The first-order valence-corrected chi connectivity index (χ1v) is 12.3. The second kappa shape index (κ2) is 8.96. The normalized spacial score (nSPS) is 15.1. The molecule has 0 atom stereocenters. The number of ether oxygens (including phenoxy) is 1. The number of benzene rings is 2. The molecule has 0 spiro atoms. The van der Waals surface area contributed by atoms with Crippen molar-refractivity contribution < 1.29 is 17.9 Å². The number of H-pyrrole nitrogens is 1. The topological polar surface area (TPSA) is 91.5 Å². The lowest BCUT2D eigenvalue weighted by Crippen LogP contribution is -2.35. The molecule has 2 N–H and O–H groups in total. The van der Waals surface area contributed by atoms with Crippen LogP contribution in [0.4, 0.5) is 5.69 Å². The van der Waals surface area contributed by atoms with Crippen molar-refractivity contribution in [2.45, 2.75) is 44.4 Å². The summed E-state index contributed by atoms with van der Waals surface area (Å²) in [5.74, 6) is 0.0681. The molecule has 0 aliphatic carbocycles. The largest absolute Gasteiger partial charge is 0.495 e. The van der Waals surface area contributed by atoms with Crippen LogP contribution in [0.3, 0.4) is 0 Å². The second-order valence-electron chi connectivity index (χ2n) is 8.33. The van der Waals surface area contributed by atoms with Gasteiger partial charge in [0.1, 0.15) is 10.6 Å². The number of piperidine rings is 1. The third-order valence-electron chi connectivity index (χ3n) is 5.99. The minimum absolute atomic E-state index is 0.0820. The summed E-state index contributed by atoms with van der Waals surface area (Å²) < 4.78 is 33.2. The average molecular weight is 456 g/mol. The SMILES string of the molecule is COc1ccc(NC(=O)Cc2c(C)[nH]c3ccc(C)cc23)cc1S(=O)(=O)N1CCCCC1. The van der Waals surface area contributed by atoms with Crippen LogP contribution < -0.4 is 10.1 Å². The molecule has 3 aromatic rings. The second-order valence-corrected chi connectivity index (χ2v) is 10.2. The first-order valence-electron chi connectivity index (χ1n) is 10.9. The molecule has 32 heavy (non-hydrogen) atoms. The Hall–Kier alpha value is -2.84. The van der Waals surface area contributed by atoms with E-state index < -0.39 is 10.0 Å². The van der Waals surface area contributed by atoms with Crippen LogP contribution in [-0.4, -0.2) is 43.8 Å². The van der Waals surface area contributed by atoms with Crippen LogP contribution in [0.5, 0.6) is 5.75 Å². The summed E-state index contributed by atoms with van der Waals surface area (Å²) in [5, 5.41) is 3.89. The van der Waals surface area contributed by atoms with E-state index in [1.807, 2.05) is 26.0 Å². The van der Waals surface area contributed by atoms with Gasteiger partial charge in [0.2, 0.25) is 15.9 Å². The van der Waals surface area contributed by atoms with Gasteiger partial charge in [-0.2, -0.15) is 4.31 Å². The Labute approximate surface area is 188 Å². The number of sulfonamides is 1. The molecule has 2 heterocycles. The van der Waals surface area contributed by atoms with Crippen molar-refractivity contribution in [3.63, 3.8) is 0 Å². The fourth-order valence-corrected chi connectivity index (χ4v) is 5.99. The number of amides is 1. The molecule has 1 aromatic heterocycles. The van der Waals surface area contributed by atoms with Crippen LogP contribution in [0.25, 0.3) is 10.9 Å². The van der Waals surface area contributed by atoms with Gasteiger partial charge in [0.15, 0.2) is 0 Å². The third-order valence-corrected chi connectivity index (χ3v) is 7.91. The number of methoxy groups -OCH3 is 1. The summed E-state index contributed by atoms with van der Waals surface area (Å²) in [4.78, 5) is 16.3. The van der Waals surface area contributed by atoms with E-state index in [0.29, 0.717) is 18.8 Å². The Morgan fingerprint density at radius 1 is 1.09 bits per heavy atom. The Kier molecular flexibility index (Phi) is 6.26. The zero-order valence-electron chi connectivity index (χ0n) is 18.7. The van der Waals surface area contributed by atoms with Gasteiger partial charge in [-0.05, 0) is 62.6 Å². The Morgan fingerprint density at radius 3 is 2.56 bits per heavy atom. The van der Waals surface area contributed by atoms with Gasteiger partial charge < -0.3 is 15.0 Å². The highest BCUT2D eigenvalue weighted by Gasteiger charge is 2.29. The molecule has 1 fully saturated rings. The molecule has 0 saturated carbocycles. The van der Waals surface area contributed by atoms with Gasteiger partial charge in [-0.1, -0.05) is 18.1 Å². The molecule has 1 saturated heterocycles. The molecule has 7 nitrogen and oxygen atoms in total. The molecule has 170 valence electrons. The summed E-state index contributed by atoms with van der Waals surface area (Å²) in [7, 11) is -2.25. The lowest BCUT2D eigenvalue weighted by molar-refractivity contribution is -0.115. The van der Waals surface area contributed by atoms with Crippen LogP contribution in [0.15, 0.2) is 41.3 Å². The van der Waals surface area contributed by atoms with Crippen LogP contribution >= 0.6 is 0 Å². The smallest absolute Gasteiger partial charge is 0.246 e. The fourth-order valence-electron chi connectivity index (χ4n) is 4.29. The highest BCUT2D eigenvalue weighted by Crippen LogP contribution is 2.31. The summed E-state index contributed by atoms with van der Waals surface area (Å²) in [6, 6.07) is 10.9. The summed E-state index contributed by atoms with van der Waals surface area (Å²) >= 11 is 0. The zero-order valence-corrected chi connectivity index (χ0v) is 19.5. The van der Waals surface area contributed by atoms with Gasteiger partial charge in [-0.15, -0.1) is 0 Å². The van der Waals surface area contributed by atoms with E-state index in [1.165, 1.54) is 17.5 Å². The van der Waals surface area contributed by atoms with Crippen molar-refractivity contribution in [2.75, 3.05) is 25.5 Å². The Bertz CT molecular complexity index is 1260. The van der Waals surface area contributed by atoms with Crippen LogP contribution in [0, 0.1) is 13.8 Å². The van der Waals surface area contributed by atoms with Crippen molar-refractivity contribution in [3.05, 3.63) is 53.2 Å². The molecule has 4 rings (SSSR count). The quantitative estimate of drug-likeness (QED) is 0.584. The summed E-state index contributed by atoms with van der Waals surface area (Å²) in [5.41, 5.74) is 4.44. The standard InChI is InChI=1S/C24H29N3O4S/c1-16-7-9-21-20(13-16)19(17(2)25-21)15-24(28)26-18-8-10-22(31-3)23(14-18)32(29,30)27-11-5-4-6-12-27/h7-10,13-14,25H,4-6,11-12,15H2,1-3H3,(H,26,28). The van der Waals surface area contributed by atoms with Gasteiger partial charge in [0, 0.05) is 35.4 Å². The van der Waals surface area contributed by atoms with Gasteiger partial charge in [0.25, 0.3) is 0 Å². The molecule has 1 amide bonds. The number of aryl methyl sites for hydroxylation is 2. The molecule has 2 aromatic carbocycles. The third kappa shape index (κ3) is 4.38. The minimum Gasteiger partial charge on any atom is -0.495 e. The lowest BCUT2D eigenvalue weighted by atomic mass is 10.1. The van der Waals surface area contributed by atoms with E-state index in [4.69, 9.17) is 4.74 Å². The molecule has 8 heteroatoms. The van der Waals surface area contributed by atoms with Crippen molar-refractivity contribution >= 4 is 32.5 Å². The molecule has 0 radical (unpaired) electrons. The number of aromatic amines is 1. The highest BCUT2D eigenvalue weighted by molar-refractivity contribution is 7.89. The maximum absolute atomic E-state index is 13.2. The van der Waals surface area contributed by atoms with Crippen molar-refractivity contribution in [3.8, 4) is 5.75 Å². The van der Waals surface area contributed by atoms with Gasteiger partial charge in [-0.25, -0.2) is 8.42 Å². The number of carbonyl (C=O) groups excluding carboxylic acids is 1. The monoisotopic (exact) mass is 455 g/mol. The maximum atomic E-state index is 13.2. The highest BCUT2D eigenvalue weighted by atomic mass is 32.2. The van der Waals surface area contributed by atoms with E-state index in [9.17, 15) is 13.2 Å². The molecular formula is C24H29N3O4S. The fraction of sp³-hybridized carbons (Fsp3) is 0.375. The van der Waals surface area contributed by atoms with Crippen molar-refractivity contribution in [1.29, 1.82) is 0 Å². The lowest BCUT2D eigenvalue weighted by Gasteiger charge is -2.26. The van der Waals surface area contributed by atoms with E-state index in [-0.39, 0.29) is 23.0 Å². The predicted octanol–water partition coefficient (Wildman–Crippen LogP) is 4.15. The Morgan fingerprint density at radius 2 is 1.84 bits per heavy atom. The number of hydrogen-bond donors (Lipinski definition) is 2. The molecule has 1 aliphatic rings. The number of rotatable bonds is 6. The number of carbonyl (C=O) groups is 1. The van der Waals surface area contributed by atoms with E-state index in [2.05, 4.69) is 16.4 Å². The number of anilines is 1. The molecule has 1 aliphatic heterocycles. The van der Waals surface area contributed by atoms with Gasteiger partial charge in [0.05, 0.1) is 13.5 Å². The summed E-state index contributed by atoms with van der Waals surface area (Å²) in [6.45, 7) is 4.98. The Balaban J connectivity index is 1.59. The molecule has 0 bridgehead atoms. The maximum Gasteiger partial charge on any atom is 0.246 e. The first kappa shape index (κ1) is 22.4.